The molecule has 150 valence electrons. The lowest BCUT2D eigenvalue weighted by Gasteiger charge is -2.32. The zero-order valence-corrected chi connectivity index (χ0v) is 17.4. The van der Waals surface area contributed by atoms with Gasteiger partial charge in [-0.05, 0) is 60.7 Å². The van der Waals surface area contributed by atoms with E-state index in [-0.39, 0.29) is 11.8 Å². The van der Waals surface area contributed by atoms with Gasteiger partial charge in [-0.15, -0.1) is 0 Å². The highest BCUT2D eigenvalue weighted by atomic mass is 35.5. The molecule has 29 heavy (non-hydrogen) atoms. The van der Waals surface area contributed by atoms with Gasteiger partial charge >= 0.3 is 0 Å². The molecule has 1 fully saturated rings. The number of halogens is 1. The van der Waals surface area contributed by atoms with Crippen LogP contribution in [0.15, 0.2) is 54.2 Å². The van der Waals surface area contributed by atoms with Crippen LogP contribution in [0, 0.1) is 5.92 Å². The Balaban J connectivity index is 1.59. The number of benzene rings is 2. The lowest BCUT2D eigenvalue weighted by molar-refractivity contribution is -0.135. The molecular formula is C23H24ClN3O2. The SMILES string of the molecule is CC1CCN(c2ccc(NC3=C(c4ccc(Cl)cc4)C(=O)N(C)C3=O)cc2)CC1. The van der Waals surface area contributed by atoms with E-state index in [1.807, 2.05) is 12.1 Å². The van der Waals surface area contributed by atoms with Crippen molar-refractivity contribution < 1.29 is 9.59 Å². The number of rotatable bonds is 4. The van der Waals surface area contributed by atoms with Crippen LogP contribution >= 0.6 is 11.6 Å². The van der Waals surface area contributed by atoms with E-state index >= 15 is 0 Å². The summed E-state index contributed by atoms with van der Waals surface area (Å²) in [4.78, 5) is 28.8. The molecule has 2 aliphatic rings. The lowest BCUT2D eigenvalue weighted by atomic mass is 9.99. The zero-order valence-electron chi connectivity index (χ0n) is 16.6. The van der Waals surface area contributed by atoms with E-state index in [0.29, 0.717) is 21.9 Å². The Labute approximate surface area is 175 Å². The van der Waals surface area contributed by atoms with Gasteiger partial charge < -0.3 is 10.2 Å². The Hall–Kier alpha value is -2.79. The number of hydrogen-bond donors (Lipinski definition) is 1. The van der Waals surface area contributed by atoms with Gasteiger partial charge in [-0.2, -0.15) is 0 Å². The number of likely N-dealkylation sites (N-methyl/N-ethyl adjacent to an activating group) is 1. The van der Waals surface area contributed by atoms with E-state index < -0.39 is 0 Å². The number of carbonyl (C=O) groups is 2. The molecule has 1 saturated heterocycles. The quantitative estimate of drug-likeness (QED) is 0.760. The minimum atomic E-state index is -0.339. The Morgan fingerprint density at radius 3 is 2.17 bits per heavy atom. The Kier molecular flexibility index (Phi) is 5.33. The fraction of sp³-hybridized carbons (Fsp3) is 0.304. The predicted octanol–water partition coefficient (Wildman–Crippen LogP) is 4.40. The second kappa shape index (κ2) is 7.91. The van der Waals surface area contributed by atoms with Gasteiger partial charge in [0.1, 0.15) is 5.70 Å². The highest BCUT2D eigenvalue weighted by Crippen LogP contribution is 2.31. The van der Waals surface area contributed by atoms with Crippen molar-refractivity contribution in [2.45, 2.75) is 19.8 Å². The van der Waals surface area contributed by atoms with Crippen LogP contribution in [0.4, 0.5) is 11.4 Å². The normalized spacial score (nSPS) is 18.0. The molecule has 0 saturated carbocycles. The first-order chi connectivity index (χ1) is 13.9. The fourth-order valence-corrected chi connectivity index (χ4v) is 3.93. The van der Waals surface area contributed by atoms with Crippen molar-refractivity contribution in [2.75, 3.05) is 30.4 Å². The summed E-state index contributed by atoms with van der Waals surface area (Å²) in [6.07, 6.45) is 2.42. The topological polar surface area (TPSA) is 52.7 Å². The maximum absolute atomic E-state index is 12.7. The zero-order chi connectivity index (χ0) is 20.5. The van der Waals surface area contributed by atoms with Crippen LogP contribution in [-0.4, -0.2) is 36.9 Å². The molecule has 2 aromatic rings. The summed E-state index contributed by atoms with van der Waals surface area (Å²) in [5, 5.41) is 3.75. The van der Waals surface area contributed by atoms with Gasteiger partial charge in [-0.25, -0.2) is 0 Å². The van der Waals surface area contributed by atoms with E-state index in [2.05, 4.69) is 29.3 Å². The summed E-state index contributed by atoms with van der Waals surface area (Å²) in [6.45, 7) is 4.43. The standard InChI is InChI=1S/C23H24ClN3O2/c1-15-11-13-27(14-12-15)19-9-7-18(8-10-19)25-21-20(22(28)26(2)23(21)29)16-3-5-17(24)6-4-16/h3-10,15,25H,11-14H2,1-2H3. The molecule has 6 heteroatoms. The van der Waals surface area contributed by atoms with Crippen molar-refractivity contribution in [3.8, 4) is 0 Å². The molecule has 0 aromatic heterocycles. The molecule has 2 aromatic carbocycles. The van der Waals surface area contributed by atoms with Crippen LogP contribution in [0.3, 0.4) is 0 Å². The summed E-state index contributed by atoms with van der Waals surface area (Å²) in [6, 6.07) is 15.0. The third-order valence-electron chi connectivity index (χ3n) is 5.71. The number of nitrogens with zero attached hydrogens (tertiary/aromatic N) is 2. The van der Waals surface area contributed by atoms with Crippen LogP contribution in [0.25, 0.3) is 5.57 Å². The van der Waals surface area contributed by atoms with Crippen molar-refractivity contribution in [3.63, 3.8) is 0 Å². The monoisotopic (exact) mass is 409 g/mol. The second-order valence-electron chi connectivity index (χ2n) is 7.77. The largest absolute Gasteiger partial charge is 0.372 e. The van der Waals surface area contributed by atoms with Gasteiger partial charge in [0.2, 0.25) is 0 Å². The van der Waals surface area contributed by atoms with Gasteiger partial charge in [0, 0.05) is 36.5 Å². The molecule has 0 aliphatic carbocycles. The number of piperidine rings is 1. The molecule has 2 aliphatic heterocycles. The van der Waals surface area contributed by atoms with Crippen molar-refractivity contribution in [1.29, 1.82) is 0 Å². The molecule has 0 spiro atoms. The Morgan fingerprint density at radius 2 is 1.55 bits per heavy atom. The van der Waals surface area contributed by atoms with Crippen LogP contribution < -0.4 is 10.2 Å². The number of nitrogens with one attached hydrogen (secondary N) is 1. The molecule has 0 bridgehead atoms. The molecular weight excluding hydrogens is 386 g/mol. The van der Waals surface area contributed by atoms with Crippen molar-refractivity contribution in [1.82, 2.24) is 4.90 Å². The average Bonchev–Trinajstić information content (AvgIpc) is 2.94. The molecule has 2 heterocycles. The summed E-state index contributed by atoms with van der Waals surface area (Å²) >= 11 is 5.97. The molecule has 4 rings (SSSR count). The van der Waals surface area contributed by atoms with E-state index in [4.69, 9.17) is 11.6 Å². The molecule has 1 N–H and O–H groups in total. The summed E-state index contributed by atoms with van der Waals surface area (Å²) in [7, 11) is 1.50. The number of anilines is 2. The lowest BCUT2D eigenvalue weighted by Crippen LogP contribution is -2.32. The predicted molar refractivity (Wildman–Crippen MR) is 117 cm³/mol. The summed E-state index contributed by atoms with van der Waals surface area (Å²) in [5.41, 5.74) is 3.28. The molecule has 0 unspecified atom stereocenters. The van der Waals surface area contributed by atoms with Crippen LogP contribution in [0.2, 0.25) is 5.02 Å². The van der Waals surface area contributed by atoms with Gasteiger partial charge in [-0.3, -0.25) is 14.5 Å². The van der Waals surface area contributed by atoms with Gasteiger partial charge in [-0.1, -0.05) is 30.7 Å². The first-order valence-electron chi connectivity index (χ1n) is 9.88. The maximum atomic E-state index is 12.7. The smallest absolute Gasteiger partial charge is 0.277 e. The van der Waals surface area contributed by atoms with E-state index in [9.17, 15) is 9.59 Å². The van der Waals surface area contributed by atoms with Gasteiger partial charge in [0.15, 0.2) is 0 Å². The minimum absolute atomic E-state index is 0.291. The maximum Gasteiger partial charge on any atom is 0.277 e. The Morgan fingerprint density at radius 1 is 0.931 bits per heavy atom. The highest BCUT2D eigenvalue weighted by molar-refractivity contribution is 6.36. The molecule has 2 amide bonds. The highest BCUT2D eigenvalue weighted by Gasteiger charge is 2.36. The van der Waals surface area contributed by atoms with Crippen LogP contribution in [0.5, 0.6) is 0 Å². The van der Waals surface area contributed by atoms with Gasteiger partial charge in [0.05, 0.1) is 5.57 Å². The molecule has 0 atom stereocenters. The number of imide groups is 1. The first kappa shape index (κ1) is 19.5. The Bertz CT molecular complexity index is 959. The number of carbonyl (C=O) groups excluding carboxylic acids is 2. The van der Waals surface area contributed by atoms with Crippen LogP contribution in [0.1, 0.15) is 25.3 Å². The minimum Gasteiger partial charge on any atom is -0.372 e. The van der Waals surface area contributed by atoms with Crippen molar-refractivity contribution in [3.05, 3.63) is 64.8 Å². The summed E-state index contributed by atoms with van der Waals surface area (Å²) < 4.78 is 0. The first-order valence-corrected chi connectivity index (χ1v) is 10.3. The van der Waals surface area contributed by atoms with E-state index in [1.165, 1.54) is 25.6 Å². The van der Waals surface area contributed by atoms with Crippen LogP contribution in [-0.2, 0) is 9.59 Å². The second-order valence-corrected chi connectivity index (χ2v) is 8.20. The van der Waals surface area contributed by atoms with E-state index in [1.54, 1.807) is 24.3 Å². The molecule has 0 radical (unpaired) electrons. The fourth-order valence-electron chi connectivity index (χ4n) is 3.81. The van der Waals surface area contributed by atoms with Gasteiger partial charge in [0.25, 0.3) is 11.8 Å². The third kappa shape index (κ3) is 3.87. The van der Waals surface area contributed by atoms with Crippen molar-refractivity contribution >= 4 is 40.4 Å². The number of amides is 2. The third-order valence-corrected chi connectivity index (χ3v) is 5.96. The summed E-state index contributed by atoms with van der Waals surface area (Å²) in [5.74, 6) is 0.126. The number of hydrogen-bond acceptors (Lipinski definition) is 4. The van der Waals surface area contributed by atoms with Crippen molar-refractivity contribution in [2.24, 2.45) is 5.92 Å². The average molecular weight is 410 g/mol. The molecule has 5 nitrogen and oxygen atoms in total. The van der Waals surface area contributed by atoms with E-state index in [0.717, 1.165) is 29.6 Å².